The van der Waals surface area contributed by atoms with Crippen molar-refractivity contribution in [1.82, 2.24) is 9.62 Å². The van der Waals surface area contributed by atoms with E-state index >= 15 is 0 Å². The summed E-state index contributed by atoms with van der Waals surface area (Å²) in [7, 11) is -3.98. The molecule has 9 nitrogen and oxygen atoms in total. The number of hydrogen-bond acceptors (Lipinski definition) is 6. The second-order valence-corrected chi connectivity index (χ2v) is 7.35. The maximum atomic E-state index is 12.8. The van der Waals surface area contributed by atoms with Crippen LogP contribution in [0.5, 0.6) is 0 Å². The van der Waals surface area contributed by atoms with Crippen LogP contribution in [0.3, 0.4) is 0 Å². The zero-order valence-corrected chi connectivity index (χ0v) is 13.9. The Labute approximate surface area is 140 Å². The Balaban J connectivity index is 2.22. The van der Waals surface area contributed by atoms with E-state index in [1.54, 1.807) is 0 Å². The molecule has 1 aromatic carbocycles. The summed E-state index contributed by atoms with van der Waals surface area (Å²) < 4.78 is 26.6. The van der Waals surface area contributed by atoms with Gasteiger partial charge in [-0.15, -0.1) is 0 Å². The number of amides is 1. The second-order valence-electron chi connectivity index (χ2n) is 5.46. The van der Waals surface area contributed by atoms with Gasteiger partial charge in [-0.1, -0.05) is 6.07 Å². The molecule has 0 radical (unpaired) electrons. The lowest BCUT2D eigenvalue weighted by atomic mass is 10.2. The molecule has 1 amide bonds. The Hall–Kier alpha value is -2.04. The summed E-state index contributed by atoms with van der Waals surface area (Å²) in [6.07, 6.45) is 1.59. The fourth-order valence-corrected chi connectivity index (χ4v) is 4.31. The van der Waals surface area contributed by atoms with E-state index in [0.29, 0.717) is 32.4 Å². The molecular weight excluding hydrogens is 336 g/mol. The third-order valence-electron chi connectivity index (χ3n) is 3.82. The first-order valence-electron chi connectivity index (χ1n) is 7.62. The van der Waals surface area contributed by atoms with Gasteiger partial charge in [-0.05, 0) is 31.9 Å². The predicted octanol–water partition coefficient (Wildman–Crippen LogP) is 0.213. The molecule has 2 rings (SSSR count). The lowest BCUT2D eigenvalue weighted by molar-refractivity contribution is -0.385. The van der Waals surface area contributed by atoms with Gasteiger partial charge in [0.05, 0.1) is 9.82 Å². The first kappa shape index (κ1) is 18.3. The molecule has 1 aliphatic rings. The first-order valence-corrected chi connectivity index (χ1v) is 9.06. The maximum Gasteiger partial charge on any atom is 0.270 e. The van der Waals surface area contributed by atoms with Crippen LogP contribution in [0.2, 0.25) is 0 Å². The Kier molecular flexibility index (Phi) is 5.86. The van der Waals surface area contributed by atoms with Gasteiger partial charge in [0, 0.05) is 25.2 Å². The molecule has 0 bridgehead atoms. The third-order valence-corrected chi connectivity index (χ3v) is 5.73. The van der Waals surface area contributed by atoms with Crippen molar-refractivity contribution in [3.05, 3.63) is 34.4 Å². The van der Waals surface area contributed by atoms with Crippen LogP contribution in [0.4, 0.5) is 5.69 Å². The summed E-state index contributed by atoms with van der Waals surface area (Å²) in [4.78, 5) is 22.2. The number of nitro benzene ring substituents is 1. The van der Waals surface area contributed by atoms with Crippen LogP contribution in [0.15, 0.2) is 29.2 Å². The van der Waals surface area contributed by atoms with E-state index in [4.69, 9.17) is 5.73 Å². The summed E-state index contributed by atoms with van der Waals surface area (Å²) in [5.74, 6) is -0.366. The molecule has 0 spiro atoms. The van der Waals surface area contributed by atoms with Crippen LogP contribution < -0.4 is 11.1 Å². The van der Waals surface area contributed by atoms with E-state index in [1.807, 2.05) is 0 Å². The maximum absolute atomic E-state index is 12.8. The van der Waals surface area contributed by atoms with Gasteiger partial charge in [0.2, 0.25) is 15.9 Å². The molecule has 1 atom stereocenters. The molecule has 10 heteroatoms. The van der Waals surface area contributed by atoms with Crippen molar-refractivity contribution in [3.8, 4) is 0 Å². The molecule has 1 unspecified atom stereocenters. The van der Waals surface area contributed by atoms with E-state index in [2.05, 4.69) is 5.32 Å². The van der Waals surface area contributed by atoms with Crippen LogP contribution >= 0.6 is 0 Å². The summed E-state index contributed by atoms with van der Waals surface area (Å²) in [5.41, 5.74) is 5.06. The Morgan fingerprint density at radius 3 is 2.88 bits per heavy atom. The molecule has 1 aromatic rings. The van der Waals surface area contributed by atoms with E-state index in [9.17, 15) is 23.3 Å². The highest BCUT2D eigenvalue weighted by molar-refractivity contribution is 7.89. The fraction of sp³-hybridized carbons (Fsp3) is 0.500. The highest BCUT2D eigenvalue weighted by atomic mass is 32.2. The number of nitrogens with one attached hydrogen (secondary N) is 1. The van der Waals surface area contributed by atoms with Gasteiger partial charge in [0.25, 0.3) is 5.69 Å². The van der Waals surface area contributed by atoms with Crippen molar-refractivity contribution >= 4 is 21.6 Å². The molecule has 0 saturated carbocycles. The van der Waals surface area contributed by atoms with Gasteiger partial charge in [0.15, 0.2) is 0 Å². The van der Waals surface area contributed by atoms with Crippen LogP contribution in [0.1, 0.15) is 19.3 Å². The van der Waals surface area contributed by atoms with Crippen LogP contribution in [0, 0.1) is 10.1 Å². The summed E-state index contributed by atoms with van der Waals surface area (Å²) >= 11 is 0. The average Bonchev–Trinajstić information content (AvgIpc) is 3.05. The first-order chi connectivity index (χ1) is 11.4. The zero-order valence-electron chi connectivity index (χ0n) is 13.1. The number of carbonyl (C=O) groups is 1. The molecule has 132 valence electrons. The number of rotatable bonds is 7. The second kappa shape index (κ2) is 7.69. The standard InChI is InChI=1S/C14H20N4O5S/c15-7-3-8-16-14(19)13-6-2-9-17(13)24(22,23)12-5-1-4-11(10-12)18(20)21/h1,4-5,10,13H,2-3,6-9,15H2,(H,16,19). The SMILES string of the molecule is NCCCNC(=O)C1CCCN1S(=O)(=O)c1cccc([N+](=O)[O-])c1. The van der Waals surface area contributed by atoms with Crippen molar-refractivity contribution in [1.29, 1.82) is 0 Å². The van der Waals surface area contributed by atoms with Crippen LogP contribution in [0.25, 0.3) is 0 Å². The number of benzene rings is 1. The number of nitro groups is 1. The molecule has 3 N–H and O–H groups in total. The Morgan fingerprint density at radius 1 is 1.46 bits per heavy atom. The molecule has 1 aliphatic heterocycles. The van der Waals surface area contributed by atoms with Crippen molar-refractivity contribution in [2.45, 2.75) is 30.2 Å². The van der Waals surface area contributed by atoms with Crippen molar-refractivity contribution < 1.29 is 18.1 Å². The van der Waals surface area contributed by atoms with Gasteiger partial charge in [-0.3, -0.25) is 14.9 Å². The largest absolute Gasteiger partial charge is 0.355 e. The van der Waals surface area contributed by atoms with Gasteiger partial charge >= 0.3 is 0 Å². The van der Waals surface area contributed by atoms with Crippen molar-refractivity contribution in [3.63, 3.8) is 0 Å². The van der Waals surface area contributed by atoms with Crippen LogP contribution in [-0.4, -0.2) is 49.2 Å². The number of nitrogens with zero attached hydrogens (tertiary/aromatic N) is 2. The fourth-order valence-electron chi connectivity index (χ4n) is 2.61. The molecule has 0 aromatic heterocycles. The van der Waals surface area contributed by atoms with E-state index in [0.717, 1.165) is 10.4 Å². The third kappa shape index (κ3) is 3.89. The summed E-state index contributed by atoms with van der Waals surface area (Å²) in [6.45, 7) is 1.02. The topological polar surface area (TPSA) is 136 Å². The summed E-state index contributed by atoms with van der Waals surface area (Å²) in [5, 5.41) is 13.5. The van der Waals surface area contributed by atoms with E-state index in [-0.39, 0.29) is 23.0 Å². The van der Waals surface area contributed by atoms with Crippen molar-refractivity contribution in [2.24, 2.45) is 5.73 Å². The van der Waals surface area contributed by atoms with E-state index in [1.165, 1.54) is 18.2 Å². The molecular formula is C14H20N4O5S. The smallest absolute Gasteiger partial charge is 0.270 e. The predicted molar refractivity (Wildman–Crippen MR) is 86.7 cm³/mol. The monoisotopic (exact) mass is 356 g/mol. The van der Waals surface area contributed by atoms with Crippen molar-refractivity contribution in [2.75, 3.05) is 19.6 Å². The number of sulfonamides is 1. The molecule has 1 fully saturated rings. The van der Waals surface area contributed by atoms with Gasteiger partial charge < -0.3 is 11.1 Å². The lowest BCUT2D eigenvalue weighted by Gasteiger charge is -2.23. The Bertz CT molecular complexity index is 722. The number of hydrogen-bond donors (Lipinski definition) is 2. The number of non-ortho nitro benzene ring substituents is 1. The Morgan fingerprint density at radius 2 is 2.21 bits per heavy atom. The van der Waals surface area contributed by atoms with E-state index < -0.39 is 21.0 Å². The molecule has 1 heterocycles. The van der Waals surface area contributed by atoms with Crippen LogP contribution in [-0.2, 0) is 14.8 Å². The minimum atomic E-state index is -3.98. The molecule has 24 heavy (non-hydrogen) atoms. The minimum Gasteiger partial charge on any atom is -0.355 e. The minimum absolute atomic E-state index is 0.182. The van der Waals surface area contributed by atoms with Gasteiger partial charge in [-0.25, -0.2) is 8.42 Å². The molecule has 0 aliphatic carbocycles. The summed E-state index contributed by atoms with van der Waals surface area (Å²) in [6, 6.07) is 4.05. The quantitative estimate of drug-likeness (QED) is 0.407. The van der Waals surface area contributed by atoms with Gasteiger partial charge in [0.1, 0.15) is 6.04 Å². The normalized spacial score (nSPS) is 18.5. The zero-order chi connectivity index (χ0) is 17.7. The molecule has 1 saturated heterocycles. The number of nitrogens with two attached hydrogens (primary N) is 1. The highest BCUT2D eigenvalue weighted by Crippen LogP contribution is 2.28. The average molecular weight is 356 g/mol. The highest BCUT2D eigenvalue weighted by Gasteiger charge is 2.39. The lowest BCUT2D eigenvalue weighted by Crippen LogP contribution is -2.46. The number of carbonyl (C=O) groups excluding carboxylic acids is 1. The van der Waals surface area contributed by atoms with Gasteiger partial charge in [-0.2, -0.15) is 4.31 Å².